The third-order valence-electron chi connectivity index (χ3n) is 5.56. The molecule has 0 radical (unpaired) electrons. The van der Waals surface area contributed by atoms with Crippen molar-refractivity contribution >= 4 is 22.9 Å². The number of fused-ring (bicyclic) bond motifs is 1. The second kappa shape index (κ2) is 7.42. The second-order valence-corrected chi connectivity index (χ2v) is 7.47. The summed E-state index contributed by atoms with van der Waals surface area (Å²) < 4.78 is 0. The van der Waals surface area contributed by atoms with Gasteiger partial charge in [0, 0.05) is 49.7 Å². The summed E-state index contributed by atoms with van der Waals surface area (Å²) in [6.07, 6.45) is 5.08. The van der Waals surface area contributed by atoms with E-state index in [9.17, 15) is 10.1 Å². The molecule has 0 atom stereocenters. The number of nitrogens with zero attached hydrogens (tertiary/aromatic N) is 3. The molecule has 2 N–H and O–H groups in total. The summed E-state index contributed by atoms with van der Waals surface area (Å²) in [6, 6.07) is 7.47. The van der Waals surface area contributed by atoms with Crippen LogP contribution in [-0.4, -0.2) is 29.5 Å². The molecule has 0 saturated carbocycles. The van der Waals surface area contributed by atoms with E-state index in [-0.39, 0.29) is 10.6 Å². The molecule has 142 valence electrons. The van der Waals surface area contributed by atoms with Crippen molar-refractivity contribution < 1.29 is 4.92 Å². The van der Waals surface area contributed by atoms with E-state index >= 15 is 0 Å². The van der Waals surface area contributed by atoms with E-state index < -0.39 is 0 Å². The van der Waals surface area contributed by atoms with E-state index in [1.54, 1.807) is 12.1 Å². The average molecular weight is 367 g/mol. The number of nitrogens with one attached hydrogen (secondary N) is 2. The van der Waals surface area contributed by atoms with E-state index in [1.165, 1.54) is 12.8 Å². The zero-order valence-corrected chi connectivity index (χ0v) is 15.6. The van der Waals surface area contributed by atoms with Crippen LogP contribution in [0.4, 0.5) is 22.9 Å². The average Bonchev–Trinajstić information content (AvgIpc) is 3.16. The number of hydrogen-bond donors (Lipinski definition) is 2. The highest BCUT2D eigenvalue weighted by molar-refractivity contribution is 5.77. The van der Waals surface area contributed by atoms with Gasteiger partial charge in [0.15, 0.2) is 0 Å². The van der Waals surface area contributed by atoms with Crippen molar-refractivity contribution in [3.8, 4) is 0 Å². The van der Waals surface area contributed by atoms with Gasteiger partial charge in [-0.1, -0.05) is 13.0 Å². The molecule has 27 heavy (non-hydrogen) atoms. The molecule has 0 unspecified atom stereocenters. The van der Waals surface area contributed by atoms with Crippen LogP contribution >= 0.6 is 0 Å². The van der Waals surface area contributed by atoms with Crippen LogP contribution in [0.1, 0.15) is 30.9 Å². The van der Waals surface area contributed by atoms with E-state index in [0.29, 0.717) is 12.2 Å². The summed E-state index contributed by atoms with van der Waals surface area (Å²) in [4.78, 5) is 18.0. The Balaban J connectivity index is 1.46. The maximum atomic E-state index is 11.4. The molecule has 1 aromatic carbocycles. The van der Waals surface area contributed by atoms with Crippen LogP contribution in [0.15, 0.2) is 30.5 Å². The van der Waals surface area contributed by atoms with Gasteiger partial charge in [-0.2, -0.15) is 0 Å². The number of pyridine rings is 1. The van der Waals surface area contributed by atoms with Crippen molar-refractivity contribution in [3.63, 3.8) is 0 Å². The molecule has 0 aliphatic carbocycles. The number of nitro groups is 1. The third-order valence-corrected chi connectivity index (χ3v) is 5.56. The minimum Gasteiger partial charge on any atom is -0.384 e. The van der Waals surface area contributed by atoms with Crippen LogP contribution in [0, 0.1) is 16.0 Å². The lowest BCUT2D eigenvalue weighted by molar-refractivity contribution is -0.384. The summed E-state index contributed by atoms with van der Waals surface area (Å²) in [6.45, 7) is 5.74. The van der Waals surface area contributed by atoms with Crippen LogP contribution in [0.25, 0.3) is 0 Å². The number of piperidine rings is 1. The summed E-state index contributed by atoms with van der Waals surface area (Å²) in [5, 5.41) is 18.0. The van der Waals surface area contributed by atoms with Gasteiger partial charge in [-0.15, -0.1) is 0 Å². The monoisotopic (exact) mass is 367 g/mol. The second-order valence-electron chi connectivity index (χ2n) is 7.47. The molecular weight excluding hydrogens is 342 g/mol. The van der Waals surface area contributed by atoms with E-state index in [2.05, 4.69) is 39.6 Å². The summed E-state index contributed by atoms with van der Waals surface area (Å²) in [5.74, 6) is 1.81. The van der Waals surface area contributed by atoms with Crippen molar-refractivity contribution in [1.29, 1.82) is 0 Å². The first kappa shape index (κ1) is 17.6. The summed E-state index contributed by atoms with van der Waals surface area (Å²) in [7, 11) is 0. The SMILES string of the molecule is CC1CCN(c2ccc(CNc3c([N+](=O)[O-])ccc4c3CCN4)cn2)CC1. The zero-order valence-electron chi connectivity index (χ0n) is 15.6. The van der Waals surface area contributed by atoms with Gasteiger partial charge < -0.3 is 15.5 Å². The molecule has 1 saturated heterocycles. The first-order valence-electron chi connectivity index (χ1n) is 9.59. The number of hydrogen-bond acceptors (Lipinski definition) is 6. The van der Waals surface area contributed by atoms with E-state index in [4.69, 9.17) is 0 Å². The summed E-state index contributed by atoms with van der Waals surface area (Å²) in [5.41, 5.74) is 3.75. The molecule has 7 nitrogen and oxygen atoms in total. The zero-order chi connectivity index (χ0) is 18.8. The first-order chi connectivity index (χ1) is 13.1. The van der Waals surface area contributed by atoms with Crippen LogP contribution in [0.3, 0.4) is 0 Å². The predicted octanol–water partition coefficient (Wildman–Crippen LogP) is 3.81. The van der Waals surface area contributed by atoms with Crippen molar-refractivity contribution in [3.05, 3.63) is 51.7 Å². The summed E-state index contributed by atoms with van der Waals surface area (Å²) >= 11 is 0. The Morgan fingerprint density at radius 3 is 2.81 bits per heavy atom. The minimum atomic E-state index is -0.320. The highest BCUT2D eigenvalue weighted by Crippen LogP contribution is 2.37. The molecule has 0 bridgehead atoms. The molecule has 3 heterocycles. The van der Waals surface area contributed by atoms with Gasteiger partial charge in [0.05, 0.1) is 4.92 Å². The lowest BCUT2D eigenvalue weighted by Crippen LogP contribution is -2.33. The van der Waals surface area contributed by atoms with Gasteiger partial charge in [-0.3, -0.25) is 10.1 Å². The topological polar surface area (TPSA) is 83.3 Å². The van der Waals surface area contributed by atoms with Crippen molar-refractivity contribution in [2.45, 2.75) is 32.7 Å². The normalized spacial score (nSPS) is 16.7. The largest absolute Gasteiger partial charge is 0.384 e. The standard InChI is InChI=1S/C20H25N5O2/c1-14-7-10-24(11-8-14)19-5-2-15(12-22-19)13-23-20-16-6-9-21-17(16)3-4-18(20)25(26)27/h2-5,12,14,21,23H,6-11,13H2,1H3. The molecule has 0 amide bonds. The Kier molecular flexibility index (Phi) is 4.83. The lowest BCUT2D eigenvalue weighted by atomic mass is 9.99. The number of aromatic nitrogens is 1. The van der Waals surface area contributed by atoms with Crippen LogP contribution in [0.2, 0.25) is 0 Å². The molecule has 2 aliphatic rings. The number of anilines is 3. The minimum absolute atomic E-state index is 0.129. The highest BCUT2D eigenvalue weighted by atomic mass is 16.6. The predicted molar refractivity (Wildman–Crippen MR) is 107 cm³/mol. The van der Waals surface area contributed by atoms with Gasteiger partial charge in [0.2, 0.25) is 0 Å². The van der Waals surface area contributed by atoms with E-state index in [0.717, 1.165) is 54.6 Å². The van der Waals surface area contributed by atoms with Crippen molar-refractivity contribution in [2.75, 3.05) is 35.2 Å². The van der Waals surface area contributed by atoms with Crippen LogP contribution < -0.4 is 15.5 Å². The van der Waals surface area contributed by atoms with E-state index in [1.807, 2.05) is 6.20 Å². The quantitative estimate of drug-likeness (QED) is 0.618. The van der Waals surface area contributed by atoms with Crippen molar-refractivity contribution in [1.82, 2.24) is 4.98 Å². The van der Waals surface area contributed by atoms with Gasteiger partial charge >= 0.3 is 0 Å². The number of benzene rings is 1. The third kappa shape index (κ3) is 3.67. The Labute approximate surface area is 158 Å². The molecular formula is C20H25N5O2. The maximum Gasteiger partial charge on any atom is 0.292 e. The lowest BCUT2D eigenvalue weighted by Gasteiger charge is -2.31. The molecule has 1 aromatic heterocycles. The van der Waals surface area contributed by atoms with Crippen LogP contribution in [-0.2, 0) is 13.0 Å². The van der Waals surface area contributed by atoms with Gasteiger partial charge in [-0.05, 0) is 42.9 Å². The fraction of sp³-hybridized carbons (Fsp3) is 0.450. The van der Waals surface area contributed by atoms with Gasteiger partial charge in [0.1, 0.15) is 11.5 Å². The number of rotatable bonds is 5. The fourth-order valence-corrected chi connectivity index (χ4v) is 3.87. The Bertz CT molecular complexity index is 829. The van der Waals surface area contributed by atoms with Gasteiger partial charge in [0.25, 0.3) is 5.69 Å². The maximum absolute atomic E-state index is 11.4. The highest BCUT2D eigenvalue weighted by Gasteiger charge is 2.23. The fourth-order valence-electron chi connectivity index (χ4n) is 3.87. The molecule has 7 heteroatoms. The molecule has 0 spiro atoms. The molecule has 2 aromatic rings. The van der Waals surface area contributed by atoms with Gasteiger partial charge in [-0.25, -0.2) is 4.98 Å². The Morgan fingerprint density at radius 2 is 2.11 bits per heavy atom. The first-order valence-corrected chi connectivity index (χ1v) is 9.59. The Morgan fingerprint density at radius 1 is 1.30 bits per heavy atom. The van der Waals surface area contributed by atoms with Crippen LogP contribution in [0.5, 0.6) is 0 Å². The van der Waals surface area contributed by atoms with Crippen molar-refractivity contribution in [2.24, 2.45) is 5.92 Å². The Hall–Kier alpha value is -2.83. The molecule has 1 fully saturated rings. The smallest absolute Gasteiger partial charge is 0.292 e. The molecule has 2 aliphatic heterocycles. The number of nitro benzene ring substituents is 1. The molecule has 4 rings (SSSR count).